The molecule has 0 aromatic heterocycles. The molecule has 0 saturated carbocycles. The van der Waals surface area contributed by atoms with E-state index in [1.54, 1.807) is 13.8 Å². The Hall–Kier alpha value is -0.830. The van der Waals surface area contributed by atoms with Crippen LogP contribution in [0, 0.1) is 5.92 Å². The molecule has 1 aliphatic carbocycles. The Bertz CT molecular complexity index is 471. The van der Waals surface area contributed by atoms with Crippen molar-refractivity contribution in [3.05, 3.63) is 11.6 Å². The first-order valence-electron chi connectivity index (χ1n) is 7.89. The summed E-state index contributed by atoms with van der Waals surface area (Å²) in [4.78, 5) is 12.2. The van der Waals surface area contributed by atoms with E-state index in [1.807, 2.05) is 13.0 Å². The SMILES string of the molecule is CC1CC=C(C(C)(C)OC2OC(CO)C(O)C(O)C2O)C(=O)C1. The maximum Gasteiger partial charge on any atom is 0.187 e. The van der Waals surface area contributed by atoms with Crippen molar-refractivity contribution in [1.82, 2.24) is 0 Å². The summed E-state index contributed by atoms with van der Waals surface area (Å²) in [6.07, 6.45) is -3.67. The van der Waals surface area contributed by atoms with E-state index in [1.165, 1.54) is 0 Å². The van der Waals surface area contributed by atoms with Gasteiger partial charge in [0.25, 0.3) is 0 Å². The van der Waals surface area contributed by atoms with Crippen LogP contribution in [0.4, 0.5) is 0 Å². The van der Waals surface area contributed by atoms with Crippen molar-refractivity contribution in [3.63, 3.8) is 0 Å². The molecular formula is C16H26O7. The first-order valence-corrected chi connectivity index (χ1v) is 7.89. The molecule has 0 amide bonds. The van der Waals surface area contributed by atoms with Gasteiger partial charge in [-0.15, -0.1) is 0 Å². The highest BCUT2D eigenvalue weighted by molar-refractivity contribution is 5.98. The predicted octanol–water partition coefficient (Wildman–Crippen LogP) is -0.493. The number of carbonyl (C=O) groups is 1. The second-order valence-electron chi connectivity index (χ2n) is 6.91. The van der Waals surface area contributed by atoms with E-state index in [9.17, 15) is 25.2 Å². The zero-order valence-electron chi connectivity index (χ0n) is 13.7. The van der Waals surface area contributed by atoms with E-state index in [0.717, 1.165) is 6.42 Å². The number of carbonyl (C=O) groups excluding carboxylic acids is 1. The van der Waals surface area contributed by atoms with Crippen LogP contribution in [0.3, 0.4) is 0 Å². The molecule has 23 heavy (non-hydrogen) atoms. The Kier molecular flexibility index (Phi) is 5.60. The predicted molar refractivity (Wildman–Crippen MR) is 80.4 cm³/mol. The summed E-state index contributed by atoms with van der Waals surface area (Å²) in [5.74, 6) is 0.271. The lowest BCUT2D eigenvalue weighted by atomic mass is 9.82. The van der Waals surface area contributed by atoms with Gasteiger partial charge in [-0.05, 0) is 26.2 Å². The van der Waals surface area contributed by atoms with Crippen molar-refractivity contribution in [1.29, 1.82) is 0 Å². The van der Waals surface area contributed by atoms with Gasteiger partial charge in [-0.25, -0.2) is 0 Å². The second kappa shape index (κ2) is 6.96. The largest absolute Gasteiger partial charge is 0.394 e. The Labute approximate surface area is 135 Å². The van der Waals surface area contributed by atoms with Crippen LogP contribution in [0.1, 0.15) is 33.6 Å². The van der Waals surface area contributed by atoms with Gasteiger partial charge in [0.05, 0.1) is 12.2 Å². The number of hydrogen-bond acceptors (Lipinski definition) is 7. The minimum atomic E-state index is -1.50. The third kappa shape index (κ3) is 3.81. The fourth-order valence-corrected chi connectivity index (χ4v) is 3.04. The number of aliphatic hydroxyl groups is 4. The quantitative estimate of drug-likeness (QED) is 0.549. The molecule has 0 aromatic carbocycles. The number of hydrogen-bond donors (Lipinski definition) is 4. The molecule has 2 aliphatic rings. The molecule has 1 aliphatic heterocycles. The molecule has 0 aromatic rings. The standard InChI is InChI=1S/C16H26O7/c1-8-4-5-9(10(18)6-8)16(2,3)23-15-14(21)13(20)12(19)11(7-17)22-15/h5,8,11-15,17,19-21H,4,6-7H2,1-3H3. The maximum absolute atomic E-state index is 12.2. The Morgan fingerprint density at radius 3 is 2.48 bits per heavy atom. The van der Waals surface area contributed by atoms with E-state index in [4.69, 9.17) is 9.47 Å². The third-order valence-electron chi connectivity index (χ3n) is 4.47. The second-order valence-corrected chi connectivity index (χ2v) is 6.91. The number of allylic oxidation sites excluding steroid dienone is 1. The highest BCUT2D eigenvalue weighted by Gasteiger charge is 2.46. The molecule has 1 fully saturated rings. The third-order valence-corrected chi connectivity index (χ3v) is 4.47. The summed E-state index contributed by atoms with van der Waals surface area (Å²) in [5, 5.41) is 38.8. The van der Waals surface area contributed by atoms with Crippen molar-refractivity contribution in [3.8, 4) is 0 Å². The number of Topliss-reactive ketones (excluding diaryl/α,β-unsaturated/α-hetero) is 1. The summed E-state index contributed by atoms with van der Waals surface area (Å²) < 4.78 is 11.1. The zero-order valence-corrected chi connectivity index (χ0v) is 13.7. The van der Waals surface area contributed by atoms with Crippen LogP contribution in [-0.2, 0) is 14.3 Å². The highest BCUT2D eigenvalue weighted by atomic mass is 16.7. The minimum absolute atomic E-state index is 0.0154. The normalized spacial score (nSPS) is 39.3. The molecule has 0 bridgehead atoms. The van der Waals surface area contributed by atoms with Crippen LogP contribution < -0.4 is 0 Å². The van der Waals surface area contributed by atoms with Crippen molar-refractivity contribution in [2.45, 2.75) is 69.9 Å². The fraction of sp³-hybridized carbons (Fsp3) is 0.812. The van der Waals surface area contributed by atoms with Gasteiger partial charge in [0, 0.05) is 12.0 Å². The van der Waals surface area contributed by atoms with Crippen molar-refractivity contribution in [2.75, 3.05) is 6.61 Å². The van der Waals surface area contributed by atoms with Crippen molar-refractivity contribution >= 4 is 5.78 Å². The number of ketones is 1. The number of aliphatic hydroxyl groups excluding tert-OH is 4. The van der Waals surface area contributed by atoms with Crippen molar-refractivity contribution < 1.29 is 34.7 Å². The molecule has 2 rings (SSSR count). The first-order chi connectivity index (χ1) is 10.7. The van der Waals surface area contributed by atoms with Gasteiger partial charge < -0.3 is 29.9 Å². The lowest BCUT2D eigenvalue weighted by molar-refractivity contribution is -0.318. The van der Waals surface area contributed by atoms with Crippen molar-refractivity contribution in [2.24, 2.45) is 5.92 Å². The summed E-state index contributed by atoms with van der Waals surface area (Å²) in [7, 11) is 0. The average molecular weight is 330 g/mol. The zero-order chi connectivity index (χ0) is 17.4. The Balaban J connectivity index is 2.14. The van der Waals surface area contributed by atoms with Gasteiger partial charge in [-0.1, -0.05) is 13.0 Å². The molecule has 0 spiro atoms. The van der Waals surface area contributed by atoms with Crippen LogP contribution in [-0.4, -0.2) is 69.1 Å². The molecule has 1 saturated heterocycles. The van der Waals surface area contributed by atoms with Crippen LogP contribution in [0.25, 0.3) is 0 Å². The van der Waals surface area contributed by atoms with Gasteiger partial charge in [0.1, 0.15) is 24.4 Å². The number of rotatable bonds is 4. The topological polar surface area (TPSA) is 116 Å². The molecule has 6 unspecified atom stereocenters. The number of ether oxygens (including phenoxy) is 2. The summed E-state index contributed by atoms with van der Waals surface area (Å²) in [5.41, 5.74) is -0.516. The Morgan fingerprint density at radius 1 is 1.26 bits per heavy atom. The van der Waals surface area contributed by atoms with Crippen LogP contribution >= 0.6 is 0 Å². The minimum Gasteiger partial charge on any atom is -0.394 e. The van der Waals surface area contributed by atoms with E-state index in [2.05, 4.69) is 0 Å². The molecule has 132 valence electrons. The molecular weight excluding hydrogens is 304 g/mol. The van der Waals surface area contributed by atoms with Gasteiger partial charge in [-0.2, -0.15) is 0 Å². The van der Waals surface area contributed by atoms with E-state index in [0.29, 0.717) is 12.0 Å². The lowest BCUT2D eigenvalue weighted by Crippen LogP contribution is -2.60. The summed E-state index contributed by atoms with van der Waals surface area (Å²) in [6, 6.07) is 0. The van der Waals surface area contributed by atoms with Crippen LogP contribution in [0.5, 0.6) is 0 Å². The lowest BCUT2D eigenvalue weighted by Gasteiger charge is -2.43. The van der Waals surface area contributed by atoms with E-state index in [-0.39, 0.29) is 11.7 Å². The average Bonchev–Trinajstić information content (AvgIpc) is 2.47. The molecule has 0 radical (unpaired) electrons. The molecule has 6 atom stereocenters. The maximum atomic E-state index is 12.2. The van der Waals surface area contributed by atoms with Gasteiger partial charge in [0.2, 0.25) is 0 Å². The summed E-state index contributed by atoms with van der Waals surface area (Å²) in [6.45, 7) is 4.85. The van der Waals surface area contributed by atoms with E-state index >= 15 is 0 Å². The van der Waals surface area contributed by atoms with Gasteiger partial charge >= 0.3 is 0 Å². The molecule has 1 heterocycles. The smallest absolute Gasteiger partial charge is 0.187 e. The first kappa shape index (κ1) is 18.5. The molecule has 4 N–H and O–H groups in total. The Morgan fingerprint density at radius 2 is 1.91 bits per heavy atom. The van der Waals surface area contributed by atoms with Crippen LogP contribution in [0.15, 0.2) is 11.6 Å². The van der Waals surface area contributed by atoms with Gasteiger partial charge in [0.15, 0.2) is 12.1 Å². The fourth-order valence-electron chi connectivity index (χ4n) is 3.04. The molecule has 7 nitrogen and oxygen atoms in total. The van der Waals surface area contributed by atoms with Crippen LogP contribution in [0.2, 0.25) is 0 Å². The van der Waals surface area contributed by atoms with E-state index < -0.39 is 42.9 Å². The monoisotopic (exact) mass is 330 g/mol. The van der Waals surface area contributed by atoms with Gasteiger partial charge in [-0.3, -0.25) is 4.79 Å². The summed E-state index contributed by atoms with van der Waals surface area (Å²) >= 11 is 0. The molecule has 7 heteroatoms. The highest BCUT2D eigenvalue weighted by Crippen LogP contribution is 2.33.